The first-order valence-electron chi connectivity index (χ1n) is 5.60. The van der Waals surface area contributed by atoms with E-state index in [9.17, 15) is 4.79 Å². The summed E-state index contributed by atoms with van der Waals surface area (Å²) in [7, 11) is 0. The standard InChI is InChI=1S/C12H16N2OS/c1-2-13-6-3-7-14-8-4-11-10(12(14)15)5-9-16-11/h4-5,8-9,13H,2-3,6-7H2,1H3. The van der Waals surface area contributed by atoms with Gasteiger partial charge in [-0.2, -0.15) is 0 Å². The van der Waals surface area contributed by atoms with Crippen molar-refractivity contribution < 1.29 is 0 Å². The van der Waals surface area contributed by atoms with E-state index in [0.717, 1.165) is 36.1 Å². The molecule has 0 atom stereocenters. The number of thiophene rings is 1. The molecule has 3 nitrogen and oxygen atoms in total. The number of aryl methyl sites for hydroxylation is 1. The molecule has 0 aliphatic carbocycles. The van der Waals surface area contributed by atoms with E-state index in [-0.39, 0.29) is 5.56 Å². The van der Waals surface area contributed by atoms with Crippen LogP contribution in [0.1, 0.15) is 13.3 Å². The minimum absolute atomic E-state index is 0.134. The van der Waals surface area contributed by atoms with Crippen molar-refractivity contribution in [3.05, 3.63) is 34.1 Å². The Hall–Kier alpha value is -1.13. The molecule has 0 radical (unpaired) electrons. The van der Waals surface area contributed by atoms with Gasteiger partial charge in [0.05, 0.1) is 5.39 Å². The van der Waals surface area contributed by atoms with Crippen LogP contribution in [0.3, 0.4) is 0 Å². The molecule has 0 bridgehead atoms. The van der Waals surface area contributed by atoms with Crippen molar-refractivity contribution in [2.24, 2.45) is 0 Å². The Kier molecular flexibility index (Phi) is 3.74. The molecule has 0 aliphatic heterocycles. The Morgan fingerprint density at radius 3 is 3.12 bits per heavy atom. The lowest BCUT2D eigenvalue weighted by atomic mass is 10.3. The maximum atomic E-state index is 12.0. The fourth-order valence-electron chi connectivity index (χ4n) is 1.73. The predicted octanol–water partition coefficient (Wildman–Crippen LogP) is 2.06. The second-order valence-corrected chi connectivity index (χ2v) is 4.67. The zero-order valence-electron chi connectivity index (χ0n) is 9.40. The molecule has 0 saturated carbocycles. The van der Waals surface area contributed by atoms with Gasteiger partial charge in [-0.1, -0.05) is 6.92 Å². The number of hydrogen-bond donors (Lipinski definition) is 1. The molecule has 0 unspecified atom stereocenters. The molecule has 0 saturated heterocycles. The van der Waals surface area contributed by atoms with E-state index in [1.54, 1.807) is 15.9 Å². The number of nitrogens with one attached hydrogen (secondary N) is 1. The molecule has 2 heterocycles. The van der Waals surface area contributed by atoms with Gasteiger partial charge in [0.1, 0.15) is 0 Å². The summed E-state index contributed by atoms with van der Waals surface area (Å²) in [6, 6.07) is 3.93. The summed E-state index contributed by atoms with van der Waals surface area (Å²) in [6.07, 6.45) is 2.89. The normalized spacial score (nSPS) is 11.1. The highest BCUT2D eigenvalue weighted by Crippen LogP contribution is 2.16. The van der Waals surface area contributed by atoms with E-state index in [1.807, 2.05) is 23.7 Å². The summed E-state index contributed by atoms with van der Waals surface area (Å²) >= 11 is 1.62. The van der Waals surface area contributed by atoms with Gasteiger partial charge in [0, 0.05) is 17.4 Å². The number of aromatic nitrogens is 1. The molecule has 2 rings (SSSR count). The van der Waals surface area contributed by atoms with Crippen LogP contribution in [0.2, 0.25) is 0 Å². The first-order chi connectivity index (χ1) is 7.83. The molecule has 4 heteroatoms. The molecule has 0 aliphatic rings. The van der Waals surface area contributed by atoms with E-state index < -0.39 is 0 Å². The van der Waals surface area contributed by atoms with Crippen molar-refractivity contribution in [1.29, 1.82) is 0 Å². The van der Waals surface area contributed by atoms with Crippen LogP contribution in [0, 0.1) is 0 Å². The van der Waals surface area contributed by atoms with E-state index in [4.69, 9.17) is 0 Å². The highest BCUT2D eigenvalue weighted by atomic mass is 32.1. The van der Waals surface area contributed by atoms with Gasteiger partial charge in [0.2, 0.25) is 0 Å². The average Bonchev–Trinajstić information content (AvgIpc) is 2.76. The highest BCUT2D eigenvalue weighted by molar-refractivity contribution is 7.17. The van der Waals surface area contributed by atoms with E-state index in [0.29, 0.717) is 0 Å². The second-order valence-electron chi connectivity index (χ2n) is 3.72. The molecule has 0 amide bonds. The molecule has 1 N–H and O–H groups in total. The molecule has 16 heavy (non-hydrogen) atoms. The van der Waals surface area contributed by atoms with Crippen LogP contribution < -0.4 is 10.9 Å². The third kappa shape index (κ3) is 2.33. The first kappa shape index (κ1) is 11.4. The van der Waals surface area contributed by atoms with Crippen LogP contribution in [0.25, 0.3) is 10.1 Å². The monoisotopic (exact) mass is 236 g/mol. The summed E-state index contributed by atoms with van der Waals surface area (Å²) in [5.74, 6) is 0. The summed E-state index contributed by atoms with van der Waals surface area (Å²) in [4.78, 5) is 12.0. The van der Waals surface area contributed by atoms with Crippen LogP contribution in [-0.2, 0) is 6.54 Å². The number of hydrogen-bond acceptors (Lipinski definition) is 3. The van der Waals surface area contributed by atoms with E-state index >= 15 is 0 Å². The van der Waals surface area contributed by atoms with Crippen LogP contribution >= 0.6 is 11.3 Å². The fourth-order valence-corrected chi connectivity index (χ4v) is 2.51. The van der Waals surface area contributed by atoms with E-state index in [1.165, 1.54) is 0 Å². The van der Waals surface area contributed by atoms with Crippen molar-refractivity contribution in [3.8, 4) is 0 Å². The van der Waals surface area contributed by atoms with Gasteiger partial charge in [-0.25, -0.2) is 0 Å². The van der Waals surface area contributed by atoms with Crippen LogP contribution in [0.4, 0.5) is 0 Å². The van der Waals surface area contributed by atoms with Crippen molar-refractivity contribution >= 4 is 21.4 Å². The van der Waals surface area contributed by atoms with Gasteiger partial charge < -0.3 is 9.88 Å². The maximum Gasteiger partial charge on any atom is 0.259 e. The van der Waals surface area contributed by atoms with Gasteiger partial charge in [-0.15, -0.1) is 11.3 Å². The molecular formula is C12H16N2OS. The summed E-state index contributed by atoms with van der Waals surface area (Å²) < 4.78 is 2.87. The Morgan fingerprint density at radius 2 is 2.31 bits per heavy atom. The minimum atomic E-state index is 0.134. The van der Waals surface area contributed by atoms with Crippen molar-refractivity contribution in [2.45, 2.75) is 19.9 Å². The summed E-state index contributed by atoms with van der Waals surface area (Å²) in [5.41, 5.74) is 0.134. The lowest BCUT2D eigenvalue weighted by Gasteiger charge is -2.05. The molecule has 2 aromatic heterocycles. The van der Waals surface area contributed by atoms with Gasteiger partial charge in [-0.05, 0) is 37.0 Å². The maximum absolute atomic E-state index is 12.0. The molecule has 0 aromatic carbocycles. The van der Waals surface area contributed by atoms with Crippen LogP contribution in [-0.4, -0.2) is 17.7 Å². The molecule has 86 valence electrons. The zero-order valence-corrected chi connectivity index (χ0v) is 10.2. The van der Waals surface area contributed by atoms with Gasteiger partial charge in [0.25, 0.3) is 5.56 Å². The van der Waals surface area contributed by atoms with Crippen LogP contribution in [0.5, 0.6) is 0 Å². The second kappa shape index (κ2) is 5.27. The molecule has 0 spiro atoms. The molecule has 0 fully saturated rings. The molecule has 2 aromatic rings. The van der Waals surface area contributed by atoms with Gasteiger partial charge in [0.15, 0.2) is 0 Å². The Morgan fingerprint density at radius 1 is 1.44 bits per heavy atom. The quantitative estimate of drug-likeness (QED) is 0.806. The van der Waals surface area contributed by atoms with Crippen LogP contribution in [0.15, 0.2) is 28.5 Å². The predicted molar refractivity (Wildman–Crippen MR) is 69.2 cm³/mol. The van der Waals surface area contributed by atoms with Crippen molar-refractivity contribution in [2.75, 3.05) is 13.1 Å². The SMILES string of the molecule is CCNCCCn1ccc2sccc2c1=O. The lowest BCUT2D eigenvalue weighted by molar-refractivity contribution is 0.583. The average molecular weight is 236 g/mol. The smallest absolute Gasteiger partial charge is 0.259 e. The van der Waals surface area contributed by atoms with Gasteiger partial charge in [-0.3, -0.25) is 4.79 Å². The largest absolute Gasteiger partial charge is 0.317 e. The Labute approximate surface area is 98.7 Å². The van der Waals surface area contributed by atoms with Crippen molar-refractivity contribution in [1.82, 2.24) is 9.88 Å². The highest BCUT2D eigenvalue weighted by Gasteiger charge is 2.02. The number of fused-ring (bicyclic) bond motifs is 1. The summed E-state index contributed by atoms with van der Waals surface area (Å²) in [5, 5.41) is 6.07. The molecular weight excluding hydrogens is 220 g/mol. The third-order valence-corrected chi connectivity index (χ3v) is 3.48. The topological polar surface area (TPSA) is 34.0 Å². The van der Waals surface area contributed by atoms with E-state index in [2.05, 4.69) is 12.2 Å². The first-order valence-corrected chi connectivity index (χ1v) is 6.48. The fraction of sp³-hybridized carbons (Fsp3) is 0.417. The zero-order chi connectivity index (χ0) is 11.4. The Bertz CT molecular complexity index is 515. The van der Waals surface area contributed by atoms with Crippen molar-refractivity contribution in [3.63, 3.8) is 0 Å². The summed E-state index contributed by atoms with van der Waals surface area (Å²) in [6.45, 7) is 4.82. The number of nitrogens with zero attached hydrogens (tertiary/aromatic N) is 1. The third-order valence-electron chi connectivity index (χ3n) is 2.59. The number of rotatable bonds is 5. The van der Waals surface area contributed by atoms with Gasteiger partial charge >= 0.3 is 0 Å². The lowest BCUT2D eigenvalue weighted by Crippen LogP contribution is -2.22. The Balaban J connectivity index is 2.12. The number of pyridine rings is 1. The minimum Gasteiger partial charge on any atom is -0.317 e.